The third-order valence-electron chi connectivity index (χ3n) is 1.18. The van der Waals surface area contributed by atoms with E-state index in [1.54, 1.807) is 11.8 Å². The van der Waals surface area contributed by atoms with Crippen LogP contribution >= 0.6 is 0 Å². The summed E-state index contributed by atoms with van der Waals surface area (Å²) in [4.78, 5) is 12.4. The topological polar surface area (TPSA) is 49.4 Å². The largest absolute Gasteiger partial charge is 0.444 e. The second-order valence-corrected chi connectivity index (χ2v) is 2.20. The Hall–Kier alpha value is -0.870. The normalized spacial score (nSPS) is 11.2. The van der Waals surface area contributed by atoms with E-state index in [-0.39, 0.29) is 12.2 Å². The van der Waals surface area contributed by atoms with Crippen LogP contribution in [0.5, 0.6) is 0 Å². The zero-order chi connectivity index (χ0) is 10.1. The molecule has 0 N–H and O–H groups in total. The Bertz CT molecular complexity index is 134. The molecular weight excluding hydrogens is 158 g/mol. The van der Waals surface area contributed by atoms with Crippen molar-refractivity contribution in [3.8, 4) is 0 Å². The van der Waals surface area contributed by atoms with Crippen LogP contribution in [0.2, 0.25) is 0 Å². The number of carbonyl (C=O) groups is 1. The quantitative estimate of drug-likeness (QED) is 0.359. The van der Waals surface area contributed by atoms with Gasteiger partial charge in [-0.3, -0.25) is 4.90 Å². The SMILES string of the molecule is C=CC(=O)OC(C)N(C)C.C[O]. The molecule has 0 aliphatic heterocycles. The van der Waals surface area contributed by atoms with Gasteiger partial charge in [0.15, 0.2) is 6.23 Å². The lowest BCUT2D eigenvalue weighted by Gasteiger charge is -2.18. The van der Waals surface area contributed by atoms with Gasteiger partial charge >= 0.3 is 5.97 Å². The van der Waals surface area contributed by atoms with Crippen LogP contribution in [0.4, 0.5) is 0 Å². The van der Waals surface area contributed by atoms with Crippen LogP contribution in [-0.4, -0.2) is 38.3 Å². The van der Waals surface area contributed by atoms with E-state index < -0.39 is 0 Å². The Morgan fingerprint density at radius 1 is 1.50 bits per heavy atom. The van der Waals surface area contributed by atoms with Crippen molar-refractivity contribution >= 4 is 5.97 Å². The molecule has 0 fully saturated rings. The first-order valence-electron chi connectivity index (χ1n) is 3.48. The number of carbonyl (C=O) groups excluding carboxylic acids is 1. The van der Waals surface area contributed by atoms with Crippen molar-refractivity contribution in [3.05, 3.63) is 12.7 Å². The highest BCUT2D eigenvalue weighted by Crippen LogP contribution is 1.94. The number of hydrogen-bond acceptors (Lipinski definition) is 3. The minimum atomic E-state index is -0.388. The molecule has 0 bridgehead atoms. The van der Waals surface area contributed by atoms with Gasteiger partial charge in [-0.25, -0.2) is 9.90 Å². The molecule has 0 aromatic rings. The molecule has 1 atom stereocenters. The number of hydrogen-bond donors (Lipinski definition) is 0. The molecule has 4 heteroatoms. The summed E-state index contributed by atoms with van der Waals surface area (Å²) in [7, 11) is 4.42. The highest BCUT2D eigenvalue weighted by atomic mass is 16.6. The molecule has 0 amide bonds. The highest BCUT2D eigenvalue weighted by Gasteiger charge is 2.06. The summed E-state index contributed by atoms with van der Waals surface area (Å²) in [6.07, 6.45) is 0.963. The molecule has 0 saturated carbocycles. The average molecular weight is 174 g/mol. The van der Waals surface area contributed by atoms with Crippen molar-refractivity contribution < 1.29 is 14.6 Å². The lowest BCUT2D eigenvalue weighted by Crippen LogP contribution is -2.29. The van der Waals surface area contributed by atoms with Crippen molar-refractivity contribution in [2.24, 2.45) is 0 Å². The molecular formula is C8H16NO3. The second-order valence-electron chi connectivity index (χ2n) is 2.20. The Balaban J connectivity index is 0. The lowest BCUT2D eigenvalue weighted by atomic mass is 10.6. The Morgan fingerprint density at radius 2 is 1.92 bits per heavy atom. The van der Waals surface area contributed by atoms with Crippen LogP contribution in [0.15, 0.2) is 12.7 Å². The zero-order valence-corrected chi connectivity index (χ0v) is 8.03. The maximum Gasteiger partial charge on any atom is 0.331 e. The van der Waals surface area contributed by atoms with Crippen molar-refractivity contribution in [1.29, 1.82) is 0 Å². The van der Waals surface area contributed by atoms with Crippen molar-refractivity contribution in [1.82, 2.24) is 4.90 Å². The summed E-state index contributed by atoms with van der Waals surface area (Å²) in [6.45, 7) is 5.07. The second kappa shape index (κ2) is 8.23. The van der Waals surface area contributed by atoms with E-state index in [4.69, 9.17) is 9.84 Å². The molecule has 0 rings (SSSR count). The lowest BCUT2D eigenvalue weighted by molar-refractivity contribution is -0.149. The summed E-state index contributed by atoms with van der Waals surface area (Å²) < 4.78 is 4.83. The van der Waals surface area contributed by atoms with Crippen LogP contribution < -0.4 is 0 Å². The van der Waals surface area contributed by atoms with Gasteiger partial charge in [0.25, 0.3) is 0 Å². The van der Waals surface area contributed by atoms with E-state index in [9.17, 15) is 4.79 Å². The summed E-state index contributed by atoms with van der Waals surface area (Å²) in [5.74, 6) is -0.388. The molecule has 0 heterocycles. The zero-order valence-electron chi connectivity index (χ0n) is 8.03. The fraction of sp³-hybridized carbons (Fsp3) is 0.625. The fourth-order valence-corrected chi connectivity index (χ4v) is 0.322. The molecule has 0 spiro atoms. The fourth-order valence-electron chi connectivity index (χ4n) is 0.322. The number of ether oxygens (including phenoxy) is 1. The minimum Gasteiger partial charge on any atom is -0.444 e. The van der Waals surface area contributed by atoms with Crippen LogP contribution in [0.1, 0.15) is 6.92 Å². The van der Waals surface area contributed by atoms with E-state index in [0.29, 0.717) is 0 Å². The van der Waals surface area contributed by atoms with Gasteiger partial charge in [0.2, 0.25) is 0 Å². The molecule has 12 heavy (non-hydrogen) atoms. The van der Waals surface area contributed by atoms with Crippen molar-refractivity contribution in [3.63, 3.8) is 0 Å². The minimum absolute atomic E-state index is 0.189. The van der Waals surface area contributed by atoms with Gasteiger partial charge in [0.05, 0.1) is 7.11 Å². The predicted molar refractivity (Wildman–Crippen MR) is 46.0 cm³/mol. The summed E-state index contributed by atoms with van der Waals surface area (Å²) in [5.41, 5.74) is 0. The van der Waals surface area contributed by atoms with Gasteiger partial charge in [-0.2, -0.15) is 0 Å². The number of esters is 1. The molecule has 71 valence electrons. The standard InChI is InChI=1S/C7H13NO2.CH3O/c1-5-7(9)10-6(2)8(3)4;1-2/h5-6H,1H2,2-4H3;1H3. The van der Waals surface area contributed by atoms with Gasteiger partial charge in [-0.05, 0) is 21.0 Å². The number of rotatable bonds is 3. The molecule has 0 aromatic heterocycles. The Labute approximate surface area is 73.4 Å². The molecule has 1 radical (unpaired) electrons. The van der Waals surface area contributed by atoms with E-state index in [1.165, 1.54) is 0 Å². The van der Waals surface area contributed by atoms with Crippen molar-refractivity contribution in [2.75, 3.05) is 21.2 Å². The molecule has 4 nitrogen and oxygen atoms in total. The first-order valence-corrected chi connectivity index (χ1v) is 3.48. The number of nitrogens with zero attached hydrogens (tertiary/aromatic N) is 1. The Morgan fingerprint density at radius 3 is 2.17 bits per heavy atom. The van der Waals surface area contributed by atoms with Crippen LogP contribution in [0.25, 0.3) is 0 Å². The molecule has 1 unspecified atom stereocenters. The van der Waals surface area contributed by atoms with Crippen molar-refractivity contribution in [2.45, 2.75) is 13.2 Å². The first kappa shape index (κ1) is 13.7. The molecule has 0 saturated heterocycles. The maximum absolute atomic E-state index is 10.6. The van der Waals surface area contributed by atoms with Crippen LogP contribution in [0.3, 0.4) is 0 Å². The smallest absolute Gasteiger partial charge is 0.331 e. The van der Waals surface area contributed by atoms with E-state index in [1.807, 2.05) is 14.1 Å². The van der Waals surface area contributed by atoms with E-state index in [2.05, 4.69) is 6.58 Å². The summed E-state index contributed by atoms with van der Waals surface area (Å²) in [5, 5.41) is 8.25. The monoisotopic (exact) mass is 174 g/mol. The molecule has 0 aliphatic carbocycles. The third kappa shape index (κ3) is 7.24. The van der Waals surface area contributed by atoms with Gasteiger partial charge in [-0.15, -0.1) is 0 Å². The van der Waals surface area contributed by atoms with Gasteiger partial charge in [0.1, 0.15) is 0 Å². The van der Waals surface area contributed by atoms with Gasteiger partial charge in [-0.1, -0.05) is 6.58 Å². The van der Waals surface area contributed by atoms with Gasteiger partial charge in [0, 0.05) is 6.08 Å². The first-order chi connectivity index (χ1) is 5.57. The Kier molecular flexibility index (Phi) is 9.40. The summed E-state index contributed by atoms with van der Waals surface area (Å²) in [6, 6.07) is 0. The van der Waals surface area contributed by atoms with Crippen LogP contribution in [0, 0.1) is 0 Å². The molecule has 0 aliphatic rings. The highest BCUT2D eigenvalue weighted by molar-refractivity contribution is 5.81. The summed E-state index contributed by atoms with van der Waals surface area (Å²) >= 11 is 0. The maximum atomic E-state index is 10.6. The molecule has 0 aromatic carbocycles. The average Bonchev–Trinajstić information content (AvgIpc) is 2.07. The van der Waals surface area contributed by atoms with Gasteiger partial charge < -0.3 is 4.74 Å². The van der Waals surface area contributed by atoms with E-state index in [0.717, 1.165) is 13.2 Å². The predicted octanol–water partition coefficient (Wildman–Crippen LogP) is 0.670. The third-order valence-corrected chi connectivity index (χ3v) is 1.18. The van der Waals surface area contributed by atoms with E-state index >= 15 is 0 Å². The van der Waals surface area contributed by atoms with Crippen LogP contribution in [-0.2, 0) is 14.6 Å².